The predicted octanol–water partition coefficient (Wildman–Crippen LogP) is 1.84. The molecule has 2 heterocycles. The van der Waals surface area contributed by atoms with Crippen LogP contribution in [0.2, 0.25) is 0 Å². The van der Waals surface area contributed by atoms with Gasteiger partial charge in [-0.15, -0.1) is 0 Å². The minimum Gasteiger partial charge on any atom is -0.394 e. The van der Waals surface area contributed by atoms with Gasteiger partial charge in [-0.05, 0) is 29.9 Å². The first-order chi connectivity index (χ1) is 11.3. The molecule has 0 radical (unpaired) electrons. The summed E-state index contributed by atoms with van der Waals surface area (Å²) < 4.78 is 1.81. The highest BCUT2D eigenvalue weighted by molar-refractivity contribution is 5.78. The summed E-state index contributed by atoms with van der Waals surface area (Å²) in [5.41, 5.74) is 4.93. The van der Waals surface area contributed by atoms with Gasteiger partial charge in [-0.2, -0.15) is 5.10 Å². The van der Waals surface area contributed by atoms with Crippen molar-refractivity contribution in [1.29, 1.82) is 0 Å². The summed E-state index contributed by atoms with van der Waals surface area (Å²) in [6.45, 7) is 1.82. The van der Waals surface area contributed by atoms with Gasteiger partial charge in [-0.1, -0.05) is 24.3 Å². The van der Waals surface area contributed by atoms with Gasteiger partial charge >= 0.3 is 0 Å². The summed E-state index contributed by atoms with van der Waals surface area (Å²) in [5.74, 6) is 0.579. The quantitative estimate of drug-likeness (QED) is 0.937. The first-order valence-electron chi connectivity index (χ1n) is 8.26. The first-order valence-corrected chi connectivity index (χ1v) is 8.26. The van der Waals surface area contributed by atoms with Gasteiger partial charge < -0.3 is 10.0 Å². The minimum absolute atomic E-state index is 0.0704. The van der Waals surface area contributed by atoms with Gasteiger partial charge in [-0.25, -0.2) is 0 Å². The van der Waals surface area contributed by atoms with Crippen LogP contribution in [0.15, 0.2) is 30.5 Å². The fourth-order valence-corrected chi connectivity index (χ4v) is 3.87. The molecule has 1 aliphatic heterocycles. The average Bonchev–Trinajstić information content (AvgIpc) is 3.24. The number of carbonyl (C=O) groups is 1. The summed E-state index contributed by atoms with van der Waals surface area (Å²) in [5, 5.41) is 13.4. The van der Waals surface area contributed by atoms with Gasteiger partial charge in [0.05, 0.1) is 31.6 Å². The lowest BCUT2D eigenvalue weighted by atomic mass is 9.97. The molecule has 4 rings (SSSR count). The van der Waals surface area contributed by atoms with Gasteiger partial charge in [0.2, 0.25) is 5.91 Å². The van der Waals surface area contributed by atoms with E-state index >= 15 is 0 Å². The second kappa shape index (κ2) is 5.81. The van der Waals surface area contributed by atoms with Crippen LogP contribution < -0.4 is 0 Å². The largest absolute Gasteiger partial charge is 0.394 e. The van der Waals surface area contributed by atoms with E-state index in [1.54, 1.807) is 0 Å². The third-order valence-corrected chi connectivity index (χ3v) is 5.08. The van der Waals surface area contributed by atoms with E-state index in [2.05, 4.69) is 29.4 Å². The lowest BCUT2D eigenvalue weighted by Crippen LogP contribution is -2.27. The highest BCUT2D eigenvalue weighted by atomic mass is 16.3. The van der Waals surface area contributed by atoms with Crippen LogP contribution >= 0.6 is 0 Å². The molecule has 5 nitrogen and oxygen atoms in total. The molecule has 1 atom stereocenters. The van der Waals surface area contributed by atoms with E-state index in [1.807, 2.05) is 15.8 Å². The summed E-state index contributed by atoms with van der Waals surface area (Å²) in [4.78, 5) is 14.6. The summed E-state index contributed by atoms with van der Waals surface area (Å²) in [6, 6.07) is 8.48. The standard InChI is InChI=1S/C18H21N3O2/c22-8-7-21-17-12-20(11-15(17)10-19-21)18(23)9-14-6-5-13-3-1-2-4-16(13)14/h1-4,10,14,22H,5-9,11-12H2. The fourth-order valence-electron chi connectivity index (χ4n) is 3.87. The number of hydrogen-bond donors (Lipinski definition) is 1. The van der Waals surface area contributed by atoms with Gasteiger partial charge in [0, 0.05) is 18.5 Å². The molecule has 1 N–H and O–H groups in total. The van der Waals surface area contributed by atoms with Gasteiger partial charge in [0.25, 0.3) is 0 Å². The van der Waals surface area contributed by atoms with Crippen molar-refractivity contribution in [2.24, 2.45) is 0 Å². The number of carbonyl (C=O) groups excluding carboxylic acids is 1. The SMILES string of the molecule is O=C(CC1CCc2ccccc21)N1Cc2cnn(CCO)c2C1. The highest BCUT2D eigenvalue weighted by Gasteiger charge is 2.30. The molecule has 0 bridgehead atoms. The van der Waals surface area contributed by atoms with Crippen molar-refractivity contribution in [3.05, 3.63) is 52.8 Å². The molecule has 23 heavy (non-hydrogen) atoms. The van der Waals surface area contributed by atoms with Crippen LogP contribution in [-0.2, 0) is 30.8 Å². The van der Waals surface area contributed by atoms with Crippen LogP contribution in [0.3, 0.4) is 0 Å². The molecule has 0 fully saturated rings. The average molecular weight is 311 g/mol. The number of amides is 1. The third kappa shape index (κ3) is 2.55. The zero-order valence-electron chi connectivity index (χ0n) is 13.1. The molecular formula is C18H21N3O2. The van der Waals surface area contributed by atoms with Crippen LogP contribution in [0.4, 0.5) is 0 Å². The Bertz CT molecular complexity index is 738. The second-order valence-electron chi connectivity index (χ2n) is 6.45. The molecule has 2 aliphatic rings. The maximum absolute atomic E-state index is 12.7. The number of benzene rings is 1. The number of aliphatic hydroxyl groups excluding tert-OH is 1. The second-order valence-corrected chi connectivity index (χ2v) is 6.45. The minimum atomic E-state index is 0.0704. The monoisotopic (exact) mass is 311 g/mol. The Morgan fingerprint density at radius 1 is 1.26 bits per heavy atom. The zero-order valence-corrected chi connectivity index (χ0v) is 13.1. The molecule has 5 heteroatoms. The number of hydrogen-bond acceptors (Lipinski definition) is 3. The predicted molar refractivity (Wildman–Crippen MR) is 85.7 cm³/mol. The van der Waals surface area contributed by atoms with E-state index in [9.17, 15) is 4.79 Å². The molecule has 1 amide bonds. The van der Waals surface area contributed by atoms with Gasteiger partial charge in [-0.3, -0.25) is 9.48 Å². The Morgan fingerprint density at radius 3 is 3.00 bits per heavy atom. The van der Waals surface area contributed by atoms with Gasteiger partial charge in [0.1, 0.15) is 0 Å². The zero-order chi connectivity index (χ0) is 15.8. The highest BCUT2D eigenvalue weighted by Crippen LogP contribution is 2.36. The Labute approximate surface area is 135 Å². The summed E-state index contributed by atoms with van der Waals surface area (Å²) >= 11 is 0. The van der Waals surface area contributed by atoms with Crippen molar-refractivity contribution in [1.82, 2.24) is 14.7 Å². The number of fused-ring (bicyclic) bond motifs is 2. The number of nitrogens with zero attached hydrogens (tertiary/aromatic N) is 3. The smallest absolute Gasteiger partial charge is 0.223 e. The van der Waals surface area contributed by atoms with E-state index in [-0.39, 0.29) is 12.5 Å². The van der Waals surface area contributed by atoms with Crippen molar-refractivity contribution in [3.8, 4) is 0 Å². The Hall–Kier alpha value is -2.14. The number of rotatable bonds is 4. The molecular weight excluding hydrogens is 290 g/mol. The van der Waals surface area contributed by atoms with Crippen LogP contribution in [0.1, 0.15) is 41.1 Å². The normalized spacial score (nSPS) is 19.0. The topological polar surface area (TPSA) is 58.4 Å². The molecule has 1 unspecified atom stereocenters. The maximum Gasteiger partial charge on any atom is 0.223 e. The van der Waals surface area contributed by atoms with Crippen LogP contribution in [-0.4, -0.2) is 32.3 Å². The molecule has 2 aromatic rings. The fraction of sp³-hybridized carbons (Fsp3) is 0.444. The molecule has 1 aromatic carbocycles. The maximum atomic E-state index is 12.7. The lowest BCUT2D eigenvalue weighted by molar-refractivity contribution is -0.132. The van der Waals surface area contributed by atoms with Crippen molar-refractivity contribution < 1.29 is 9.90 Å². The summed E-state index contributed by atoms with van der Waals surface area (Å²) in [7, 11) is 0. The van der Waals surface area contributed by atoms with E-state index in [1.165, 1.54) is 11.1 Å². The molecule has 0 saturated heterocycles. The van der Waals surface area contributed by atoms with E-state index in [0.717, 1.165) is 24.1 Å². The van der Waals surface area contributed by atoms with Crippen molar-refractivity contribution in [2.45, 2.75) is 44.8 Å². The molecule has 1 aromatic heterocycles. The Balaban J connectivity index is 1.44. The van der Waals surface area contributed by atoms with E-state index in [0.29, 0.717) is 32.0 Å². The Morgan fingerprint density at radius 2 is 2.13 bits per heavy atom. The number of aryl methyl sites for hydroxylation is 1. The van der Waals surface area contributed by atoms with Gasteiger partial charge in [0.15, 0.2) is 0 Å². The number of aliphatic hydroxyl groups is 1. The van der Waals surface area contributed by atoms with Crippen molar-refractivity contribution >= 4 is 5.91 Å². The van der Waals surface area contributed by atoms with E-state index in [4.69, 9.17) is 5.11 Å². The molecule has 0 spiro atoms. The van der Waals surface area contributed by atoms with Crippen LogP contribution in [0.5, 0.6) is 0 Å². The van der Waals surface area contributed by atoms with Crippen molar-refractivity contribution in [3.63, 3.8) is 0 Å². The Kier molecular flexibility index (Phi) is 3.65. The number of aromatic nitrogens is 2. The molecule has 1 aliphatic carbocycles. The van der Waals surface area contributed by atoms with E-state index < -0.39 is 0 Å². The molecule has 120 valence electrons. The van der Waals surface area contributed by atoms with Crippen LogP contribution in [0, 0.1) is 0 Å². The summed E-state index contributed by atoms with van der Waals surface area (Å²) in [6.07, 6.45) is 4.57. The lowest BCUT2D eigenvalue weighted by Gasteiger charge is -2.19. The first kappa shape index (κ1) is 14.5. The molecule has 0 saturated carbocycles. The van der Waals surface area contributed by atoms with Crippen molar-refractivity contribution in [2.75, 3.05) is 6.61 Å². The van der Waals surface area contributed by atoms with Crippen LogP contribution in [0.25, 0.3) is 0 Å². The third-order valence-electron chi connectivity index (χ3n) is 5.08.